The fourth-order valence-corrected chi connectivity index (χ4v) is 3.29. The average molecular weight is 394 g/mol. The highest BCUT2D eigenvalue weighted by atomic mass is 16.6. The van der Waals surface area contributed by atoms with Crippen LogP contribution in [0.3, 0.4) is 0 Å². The maximum absolute atomic E-state index is 13.3. The van der Waals surface area contributed by atoms with E-state index in [0.29, 0.717) is 11.4 Å². The summed E-state index contributed by atoms with van der Waals surface area (Å²) in [6.45, 7) is 5.43. The van der Waals surface area contributed by atoms with Crippen LogP contribution < -0.4 is 10.5 Å². The van der Waals surface area contributed by atoms with Crippen LogP contribution in [0.4, 0.5) is 11.4 Å². The lowest BCUT2D eigenvalue weighted by Gasteiger charge is -2.25. The minimum absolute atomic E-state index is 0.0972. The van der Waals surface area contributed by atoms with Crippen molar-refractivity contribution in [2.24, 2.45) is 7.05 Å². The fourth-order valence-electron chi connectivity index (χ4n) is 3.29. The Balaban J connectivity index is 2.12. The molecule has 3 aromatic rings. The summed E-state index contributed by atoms with van der Waals surface area (Å²) in [4.78, 5) is 38.3. The molecule has 0 atom stereocenters. The number of anilines is 1. The summed E-state index contributed by atoms with van der Waals surface area (Å²) < 4.78 is 3.23. The van der Waals surface area contributed by atoms with Crippen LogP contribution in [0.5, 0.6) is 0 Å². The zero-order valence-electron chi connectivity index (χ0n) is 16.7. The first kappa shape index (κ1) is 20.1. The maximum atomic E-state index is 13.3. The van der Waals surface area contributed by atoms with Gasteiger partial charge in [-0.25, -0.2) is 4.68 Å². The molecular weight excluding hydrogens is 372 g/mol. The molecule has 1 amide bonds. The topological polar surface area (TPSA) is 90.4 Å². The van der Waals surface area contributed by atoms with Crippen molar-refractivity contribution >= 4 is 17.3 Å². The molecule has 0 unspecified atom stereocenters. The Hall–Kier alpha value is -3.68. The second-order valence-corrected chi connectivity index (χ2v) is 6.98. The molecule has 0 bridgehead atoms. The molecule has 0 spiro atoms. The summed E-state index contributed by atoms with van der Waals surface area (Å²) in [5.41, 5.74) is 1.50. The number of aromatic nitrogens is 2. The van der Waals surface area contributed by atoms with E-state index in [4.69, 9.17) is 0 Å². The number of amides is 1. The molecule has 0 fully saturated rings. The second-order valence-electron chi connectivity index (χ2n) is 6.98. The summed E-state index contributed by atoms with van der Waals surface area (Å²) in [6, 6.07) is 14.3. The predicted molar refractivity (Wildman–Crippen MR) is 111 cm³/mol. The van der Waals surface area contributed by atoms with Gasteiger partial charge in [0.25, 0.3) is 17.2 Å². The van der Waals surface area contributed by atoms with Gasteiger partial charge in [0.2, 0.25) is 0 Å². The Morgan fingerprint density at radius 2 is 1.66 bits per heavy atom. The van der Waals surface area contributed by atoms with Crippen molar-refractivity contribution in [3.8, 4) is 5.69 Å². The van der Waals surface area contributed by atoms with Crippen molar-refractivity contribution in [1.29, 1.82) is 0 Å². The Morgan fingerprint density at radius 3 is 2.17 bits per heavy atom. The number of nitrogens with zero attached hydrogens (tertiary/aromatic N) is 4. The van der Waals surface area contributed by atoms with Gasteiger partial charge in [0.05, 0.1) is 16.3 Å². The minimum Gasteiger partial charge on any atom is -0.299 e. The summed E-state index contributed by atoms with van der Waals surface area (Å²) in [6.07, 6.45) is 0. The zero-order valence-corrected chi connectivity index (χ0v) is 16.7. The van der Waals surface area contributed by atoms with E-state index < -0.39 is 4.92 Å². The van der Waals surface area contributed by atoms with E-state index >= 15 is 0 Å². The molecule has 1 heterocycles. The number of hydrogen-bond acceptors (Lipinski definition) is 4. The zero-order chi connectivity index (χ0) is 21.3. The lowest BCUT2D eigenvalue weighted by Crippen LogP contribution is -2.40. The summed E-state index contributed by atoms with van der Waals surface area (Å²) in [5, 5.41) is 10.9. The third kappa shape index (κ3) is 3.56. The van der Waals surface area contributed by atoms with Crippen LogP contribution in [0, 0.1) is 17.0 Å². The van der Waals surface area contributed by atoms with Crippen LogP contribution in [0.2, 0.25) is 0 Å². The Labute approximate surface area is 167 Å². The molecule has 0 aliphatic rings. The van der Waals surface area contributed by atoms with Crippen molar-refractivity contribution < 1.29 is 9.72 Å². The Bertz CT molecular complexity index is 1110. The predicted octanol–water partition coefficient (Wildman–Crippen LogP) is 3.45. The Morgan fingerprint density at radius 1 is 1.07 bits per heavy atom. The molecule has 8 heteroatoms. The largest absolute Gasteiger partial charge is 0.299 e. The quantitative estimate of drug-likeness (QED) is 0.490. The number of carbonyl (C=O) groups is 1. The molecule has 0 N–H and O–H groups in total. The molecule has 0 saturated carbocycles. The van der Waals surface area contributed by atoms with Crippen LogP contribution in [-0.2, 0) is 7.05 Å². The minimum atomic E-state index is -0.520. The lowest BCUT2D eigenvalue weighted by molar-refractivity contribution is -0.384. The molecule has 3 rings (SSSR count). The standard InChI is InChI=1S/C21H22N4O4/c1-14(2)23(20(26)16-10-12-18(13-11-16)25(28)29)19-15(3)22(4)24(21(19)27)17-8-6-5-7-9-17/h5-14H,1-4H3. The maximum Gasteiger partial charge on any atom is 0.295 e. The first-order valence-corrected chi connectivity index (χ1v) is 9.16. The number of nitro groups is 1. The highest BCUT2D eigenvalue weighted by Gasteiger charge is 2.29. The van der Waals surface area contributed by atoms with E-state index in [1.54, 1.807) is 18.7 Å². The molecule has 0 saturated heterocycles. The van der Waals surface area contributed by atoms with Gasteiger partial charge in [-0.3, -0.25) is 29.3 Å². The van der Waals surface area contributed by atoms with E-state index in [2.05, 4.69) is 0 Å². The summed E-state index contributed by atoms with van der Waals surface area (Å²) in [5.74, 6) is -0.388. The van der Waals surface area contributed by atoms with Gasteiger partial charge in [0.15, 0.2) is 0 Å². The molecule has 2 aromatic carbocycles. The van der Waals surface area contributed by atoms with E-state index in [9.17, 15) is 19.7 Å². The first-order valence-electron chi connectivity index (χ1n) is 9.16. The van der Waals surface area contributed by atoms with Crippen LogP contribution in [-0.4, -0.2) is 26.2 Å². The number of hydrogen-bond donors (Lipinski definition) is 0. The smallest absolute Gasteiger partial charge is 0.295 e. The molecule has 0 aliphatic heterocycles. The fraction of sp³-hybridized carbons (Fsp3) is 0.238. The van der Waals surface area contributed by atoms with Crippen molar-refractivity contribution in [2.45, 2.75) is 26.8 Å². The van der Waals surface area contributed by atoms with Crippen molar-refractivity contribution in [1.82, 2.24) is 9.36 Å². The number of para-hydroxylation sites is 1. The molecule has 0 radical (unpaired) electrons. The van der Waals surface area contributed by atoms with Gasteiger partial charge in [-0.2, -0.15) is 0 Å². The number of non-ortho nitro benzene ring substituents is 1. The van der Waals surface area contributed by atoms with E-state index in [1.165, 1.54) is 33.8 Å². The monoisotopic (exact) mass is 394 g/mol. The lowest BCUT2D eigenvalue weighted by atomic mass is 10.1. The van der Waals surface area contributed by atoms with Crippen molar-refractivity contribution in [3.05, 3.63) is 86.3 Å². The molecular formula is C21H22N4O4. The molecule has 150 valence electrons. The highest BCUT2D eigenvalue weighted by molar-refractivity contribution is 6.06. The molecule has 29 heavy (non-hydrogen) atoms. The number of carbonyl (C=O) groups excluding carboxylic acids is 1. The molecule has 8 nitrogen and oxygen atoms in total. The SMILES string of the molecule is Cc1c(N(C(=O)c2ccc([N+](=O)[O-])cc2)C(C)C)c(=O)n(-c2ccccc2)n1C. The molecule has 1 aromatic heterocycles. The van der Waals surface area contributed by atoms with Crippen LogP contribution in [0.1, 0.15) is 29.9 Å². The number of nitro benzene ring substituents is 1. The van der Waals surface area contributed by atoms with Crippen LogP contribution >= 0.6 is 0 Å². The number of benzene rings is 2. The van der Waals surface area contributed by atoms with Crippen molar-refractivity contribution in [3.63, 3.8) is 0 Å². The Kier molecular flexibility index (Phi) is 5.36. The highest BCUT2D eigenvalue weighted by Crippen LogP contribution is 2.23. The van der Waals surface area contributed by atoms with Gasteiger partial charge in [-0.15, -0.1) is 0 Å². The van der Waals surface area contributed by atoms with E-state index in [0.717, 1.165) is 0 Å². The van der Waals surface area contributed by atoms with Crippen LogP contribution in [0.25, 0.3) is 5.69 Å². The molecule has 0 aliphatic carbocycles. The van der Waals surface area contributed by atoms with Gasteiger partial charge in [-0.05, 0) is 45.0 Å². The van der Waals surface area contributed by atoms with E-state index in [1.807, 2.05) is 44.2 Å². The summed E-state index contributed by atoms with van der Waals surface area (Å²) in [7, 11) is 1.77. The first-order chi connectivity index (χ1) is 13.7. The summed E-state index contributed by atoms with van der Waals surface area (Å²) >= 11 is 0. The normalized spacial score (nSPS) is 10.9. The van der Waals surface area contributed by atoms with Gasteiger partial charge >= 0.3 is 0 Å². The van der Waals surface area contributed by atoms with Crippen LogP contribution in [0.15, 0.2) is 59.4 Å². The second kappa shape index (κ2) is 7.75. The number of rotatable bonds is 5. The van der Waals surface area contributed by atoms with Gasteiger partial charge in [0, 0.05) is 30.8 Å². The third-order valence-electron chi connectivity index (χ3n) is 4.82. The van der Waals surface area contributed by atoms with Gasteiger partial charge in [0.1, 0.15) is 5.69 Å². The average Bonchev–Trinajstić information content (AvgIpc) is 2.92. The van der Waals surface area contributed by atoms with E-state index in [-0.39, 0.29) is 34.4 Å². The van der Waals surface area contributed by atoms with Gasteiger partial charge < -0.3 is 0 Å². The third-order valence-corrected chi connectivity index (χ3v) is 4.82. The van der Waals surface area contributed by atoms with Crippen molar-refractivity contribution in [2.75, 3.05) is 4.90 Å². The van der Waals surface area contributed by atoms with Gasteiger partial charge in [-0.1, -0.05) is 18.2 Å².